The monoisotopic (exact) mass is 453 g/mol. The van der Waals surface area contributed by atoms with Crippen LogP contribution in [0.3, 0.4) is 0 Å². The molecule has 6 heteroatoms. The molecular formula is C27H35NO5. The van der Waals surface area contributed by atoms with Gasteiger partial charge in [-0.25, -0.2) is 0 Å². The molecule has 1 aliphatic carbocycles. The molecule has 1 fully saturated rings. The largest absolute Gasteiger partial charge is 0.481 e. The summed E-state index contributed by atoms with van der Waals surface area (Å²) in [5.74, 6) is -2.93. The molecule has 0 aromatic heterocycles. The second-order valence-corrected chi connectivity index (χ2v) is 8.56. The van der Waals surface area contributed by atoms with Gasteiger partial charge in [0.15, 0.2) is 5.92 Å². The number of carbonyl (C=O) groups excluding carboxylic acids is 1. The van der Waals surface area contributed by atoms with Crippen molar-refractivity contribution in [1.29, 1.82) is 0 Å². The molecule has 33 heavy (non-hydrogen) atoms. The second-order valence-electron chi connectivity index (χ2n) is 8.56. The first-order chi connectivity index (χ1) is 16.1. The first-order valence-corrected chi connectivity index (χ1v) is 12.0. The van der Waals surface area contributed by atoms with Crippen LogP contribution in [0.2, 0.25) is 0 Å². The molecule has 1 aliphatic heterocycles. The van der Waals surface area contributed by atoms with Crippen molar-refractivity contribution in [3.63, 3.8) is 0 Å². The van der Waals surface area contributed by atoms with Gasteiger partial charge in [0, 0.05) is 19.1 Å². The molecule has 4 rings (SSSR count). The highest BCUT2D eigenvalue weighted by Crippen LogP contribution is 2.44. The third kappa shape index (κ3) is 6.89. The van der Waals surface area contributed by atoms with Crippen LogP contribution in [-0.4, -0.2) is 43.4 Å². The van der Waals surface area contributed by atoms with E-state index in [1.54, 1.807) is 0 Å². The molecule has 3 N–H and O–H groups in total. The van der Waals surface area contributed by atoms with E-state index in [9.17, 15) is 14.7 Å². The molecule has 0 bridgehead atoms. The van der Waals surface area contributed by atoms with Gasteiger partial charge in [0.2, 0.25) is 0 Å². The summed E-state index contributed by atoms with van der Waals surface area (Å²) in [4.78, 5) is 24.0. The Hall–Kier alpha value is -2.70. The van der Waals surface area contributed by atoms with E-state index in [0.717, 1.165) is 54.7 Å². The minimum absolute atomic E-state index is 0.0599. The lowest BCUT2D eigenvalue weighted by Gasteiger charge is -2.17. The zero-order valence-electron chi connectivity index (χ0n) is 19.2. The number of benzene rings is 2. The molecule has 0 amide bonds. The SMILES string of the molecule is C1CCOC1.NCCCCCCC(C(=O)O)C(=O)OCC1c2ccccc2-c2ccccc21. The standard InChI is InChI=1S/C23H27NO4.C4H8O/c24-14-8-2-1-3-13-20(22(25)26)23(27)28-15-21-18-11-6-4-9-16(18)17-10-5-7-12-19(17)21;1-2-4-5-3-1/h4-7,9-12,20-21H,1-3,8,13-15,24H2,(H,25,26);1-4H2. The van der Waals surface area contributed by atoms with Crippen molar-refractivity contribution in [2.75, 3.05) is 26.4 Å². The second kappa shape index (κ2) is 13.1. The first-order valence-electron chi connectivity index (χ1n) is 12.0. The summed E-state index contributed by atoms with van der Waals surface area (Å²) >= 11 is 0. The highest BCUT2D eigenvalue weighted by molar-refractivity contribution is 5.94. The van der Waals surface area contributed by atoms with Crippen LogP contribution < -0.4 is 5.73 Å². The number of hydrogen-bond donors (Lipinski definition) is 2. The van der Waals surface area contributed by atoms with Crippen LogP contribution in [0, 0.1) is 5.92 Å². The molecule has 1 atom stereocenters. The number of aliphatic carboxylic acids is 1. The Morgan fingerprint density at radius 1 is 0.939 bits per heavy atom. The van der Waals surface area contributed by atoms with E-state index < -0.39 is 17.9 Å². The van der Waals surface area contributed by atoms with Crippen molar-refractivity contribution in [1.82, 2.24) is 0 Å². The Morgan fingerprint density at radius 2 is 1.52 bits per heavy atom. The Labute approximate surface area is 196 Å². The summed E-state index contributed by atoms with van der Waals surface area (Å²) in [7, 11) is 0. The lowest BCUT2D eigenvalue weighted by Crippen LogP contribution is -2.27. The number of rotatable bonds is 10. The highest BCUT2D eigenvalue weighted by atomic mass is 16.5. The van der Waals surface area contributed by atoms with Crippen molar-refractivity contribution in [3.05, 3.63) is 59.7 Å². The number of nitrogens with two attached hydrogens (primary N) is 1. The smallest absolute Gasteiger partial charge is 0.320 e. The summed E-state index contributed by atoms with van der Waals surface area (Å²) in [5.41, 5.74) is 9.99. The average Bonchev–Trinajstić information content (AvgIpc) is 3.50. The highest BCUT2D eigenvalue weighted by Gasteiger charge is 2.32. The zero-order chi connectivity index (χ0) is 23.5. The first kappa shape index (κ1) is 24.9. The summed E-state index contributed by atoms with van der Waals surface area (Å²) < 4.78 is 10.4. The van der Waals surface area contributed by atoms with Crippen molar-refractivity contribution in [3.8, 4) is 11.1 Å². The number of fused-ring (bicyclic) bond motifs is 3. The fourth-order valence-corrected chi connectivity index (χ4v) is 4.40. The normalized spacial score (nSPS) is 15.2. The van der Waals surface area contributed by atoms with Gasteiger partial charge in [-0.1, -0.05) is 67.8 Å². The third-order valence-electron chi connectivity index (χ3n) is 6.21. The number of carbonyl (C=O) groups is 2. The lowest BCUT2D eigenvalue weighted by atomic mass is 9.97. The minimum atomic E-state index is -1.11. The van der Waals surface area contributed by atoms with Gasteiger partial charge in [-0.05, 0) is 54.5 Å². The molecule has 1 unspecified atom stereocenters. The van der Waals surface area contributed by atoms with Gasteiger partial charge in [-0.3, -0.25) is 9.59 Å². The maximum absolute atomic E-state index is 12.5. The van der Waals surface area contributed by atoms with Gasteiger partial charge in [-0.2, -0.15) is 0 Å². The molecule has 0 radical (unpaired) electrons. The molecule has 2 aromatic rings. The molecular weight excluding hydrogens is 418 g/mol. The van der Waals surface area contributed by atoms with Crippen LogP contribution >= 0.6 is 0 Å². The van der Waals surface area contributed by atoms with Gasteiger partial charge in [-0.15, -0.1) is 0 Å². The number of carboxylic acids is 1. The van der Waals surface area contributed by atoms with Crippen LogP contribution in [0.15, 0.2) is 48.5 Å². The summed E-state index contributed by atoms with van der Waals surface area (Å²) in [6.45, 7) is 2.79. The van der Waals surface area contributed by atoms with E-state index in [2.05, 4.69) is 12.1 Å². The third-order valence-corrected chi connectivity index (χ3v) is 6.21. The molecule has 2 aliphatic rings. The maximum Gasteiger partial charge on any atom is 0.320 e. The van der Waals surface area contributed by atoms with Gasteiger partial charge in [0.05, 0.1) is 0 Å². The van der Waals surface area contributed by atoms with Gasteiger partial charge < -0.3 is 20.3 Å². The van der Waals surface area contributed by atoms with Crippen LogP contribution in [0.4, 0.5) is 0 Å². The molecule has 0 spiro atoms. The van der Waals surface area contributed by atoms with Gasteiger partial charge >= 0.3 is 11.9 Å². The molecule has 6 nitrogen and oxygen atoms in total. The Morgan fingerprint density at radius 3 is 2.03 bits per heavy atom. The summed E-state index contributed by atoms with van der Waals surface area (Å²) in [6, 6.07) is 16.2. The Balaban J connectivity index is 0.000000541. The van der Waals surface area contributed by atoms with E-state index in [-0.39, 0.29) is 12.5 Å². The predicted octanol–water partition coefficient (Wildman–Crippen LogP) is 4.75. The quantitative estimate of drug-likeness (QED) is 0.306. The predicted molar refractivity (Wildman–Crippen MR) is 128 cm³/mol. The van der Waals surface area contributed by atoms with E-state index in [1.807, 2.05) is 36.4 Å². The van der Waals surface area contributed by atoms with E-state index in [1.165, 1.54) is 12.8 Å². The minimum Gasteiger partial charge on any atom is -0.481 e. The maximum atomic E-state index is 12.5. The fourth-order valence-electron chi connectivity index (χ4n) is 4.40. The van der Waals surface area contributed by atoms with Crippen LogP contribution in [0.25, 0.3) is 11.1 Å². The Bertz CT molecular complexity index is 856. The van der Waals surface area contributed by atoms with Crippen molar-refractivity contribution >= 4 is 11.9 Å². The number of ether oxygens (including phenoxy) is 2. The van der Waals surface area contributed by atoms with Gasteiger partial charge in [0.1, 0.15) is 6.61 Å². The number of hydrogen-bond acceptors (Lipinski definition) is 5. The Kier molecular flexibility index (Phi) is 9.91. The zero-order valence-corrected chi connectivity index (χ0v) is 19.2. The summed E-state index contributed by atoms with van der Waals surface area (Å²) in [6.07, 6.45) is 6.28. The van der Waals surface area contributed by atoms with Crippen LogP contribution in [0.5, 0.6) is 0 Å². The number of esters is 1. The van der Waals surface area contributed by atoms with Crippen molar-refractivity contribution < 1.29 is 24.2 Å². The topological polar surface area (TPSA) is 98.9 Å². The number of unbranched alkanes of at least 4 members (excludes halogenated alkanes) is 3. The molecule has 1 heterocycles. The van der Waals surface area contributed by atoms with E-state index in [4.69, 9.17) is 15.2 Å². The lowest BCUT2D eigenvalue weighted by molar-refractivity contribution is -0.159. The fraction of sp³-hybridized carbons (Fsp3) is 0.481. The van der Waals surface area contributed by atoms with Crippen molar-refractivity contribution in [2.24, 2.45) is 11.7 Å². The van der Waals surface area contributed by atoms with Crippen LogP contribution in [0.1, 0.15) is 62.0 Å². The van der Waals surface area contributed by atoms with Crippen molar-refractivity contribution in [2.45, 2.75) is 50.9 Å². The van der Waals surface area contributed by atoms with Gasteiger partial charge in [0.25, 0.3) is 0 Å². The summed E-state index contributed by atoms with van der Waals surface area (Å²) in [5, 5.41) is 9.43. The molecule has 1 saturated heterocycles. The molecule has 2 aromatic carbocycles. The average molecular weight is 454 g/mol. The molecule has 0 saturated carbocycles. The number of carboxylic acid groups (broad SMARTS) is 1. The van der Waals surface area contributed by atoms with E-state index in [0.29, 0.717) is 19.4 Å². The van der Waals surface area contributed by atoms with Crippen LogP contribution in [-0.2, 0) is 19.1 Å². The van der Waals surface area contributed by atoms with E-state index >= 15 is 0 Å². The molecule has 178 valence electrons.